The third kappa shape index (κ3) is 4.71. The van der Waals surface area contributed by atoms with Gasteiger partial charge in [-0.15, -0.1) is 0 Å². The highest BCUT2D eigenvalue weighted by molar-refractivity contribution is 5.93. The molecule has 1 heterocycles. The van der Waals surface area contributed by atoms with Crippen molar-refractivity contribution in [1.29, 1.82) is 0 Å². The number of pyridine rings is 1. The Kier molecular flexibility index (Phi) is 6.90. The molecule has 0 saturated carbocycles. The monoisotopic (exact) mass is 409 g/mol. The van der Waals surface area contributed by atoms with Crippen molar-refractivity contribution in [2.45, 2.75) is 34.1 Å². The van der Waals surface area contributed by atoms with Crippen molar-refractivity contribution < 1.29 is 23.7 Å². The van der Waals surface area contributed by atoms with E-state index in [4.69, 9.17) is 23.9 Å². The molecule has 0 spiro atoms. The van der Waals surface area contributed by atoms with Crippen LogP contribution in [-0.4, -0.2) is 31.5 Å². The lowest BCUT2D eigenvalue weighted by Crippen LogP contribution is -2.15. The highest BCUT2D eigenvalue weighted by Gasteiger charge is 2.20. The number of carbonyl (C=O) groups is 1. The number of rotatable bonds is 7. The summed E-state index contributed by atoms with van der Waals surface area (Å²) in [6.07, 6.45) is -0.0497. The maximum atomic E-state index is 12.3. The van der Waals surface area contributed by atoms with Crippen LogP contribution in [0.4, 0.5) is 4.79 Å². The average molecular weight is 409 g/mol. The third-order valence-corrected chi connectivity index (χ3v) is 4.93. The summed E-state index contributed by atoms with van der Waals surface area (Å²) in [7, 11) is 1.54. The van der Waals surface area contributed by atoms with E-state index in [9.17, 15) is 4.79 Å². The summed E-state index contributed by atoms with van der Waals surface area (Å²) in [6.45, 7) is 8.30. The van der Waals surface area contributed by atoms with E-state index < -0.39 is 6.16 Å². The summed E-state index contributed by atoms with van der Waals surface area (Å²) in [4.78, 5) is 17.0. The highest BCUT2D eigenvalue weighted by Crippen LogP contribution is 2.38. The Morgan fingerprint density at radius 3 is 2.37 bits per heavy atom. The Balaban J connectivity index is 2.03. The minimum Gasteiger partial charge on any atom is -0.457 e. The maximum Gasteiger partial charge on any atom is 0.513 e. The molecule has 6 nitrogen and oxygen atoms in total. The molecular formula is C24H27NO5. The number of fused-ring (bicyclic) bond motifs is 1. The van der Waals surface area contributed by atoms with Crippen LogP contribution in [0.3, 0.4) is 0 Å². The van der Waals surface area contributed by atoms with Crippen molar-refractivity contribution in [2.24, 2.45) is 0 Å². The second-order valence-electron chi connectivity index (χ2n) is 7.06. The van der Waals surface area contributed by atoms with Crippen molar-refractivity contribution in [1.82, 2.24) is 4.98 Å². The molecule has 0 aliphatic carbocycles. The Hall–Kier alpha value is -3.12. The molecule has 0 radical (unpaired) electrons. The fourth-order valence-electron chi connectivity index (χ4n) is 3.24. The number of aryl methyl sites for hydroxylation is 3. The van der Waals surface area contributed by atoms with Gasteiger partial charge in [0.25, 0.3) is 0 Å². The minimum atomic E-state index is -0.769. The SMILES string of the molecule is CCc1nc2ccc(Oc3ccc(C)cc3)c(C)c2c(OC(=O)OCCOC)c1C. The molecule has 158 valence electrons. The summed E-state index contributed by atoms with van der Waals surface area (Å²) in [5.74, 6) is 1.86. The average Bonchev–Trinajstić information content (AvgIpc) is 2.73. The fourth-order valence-corrected chi connectivity index (χ4v) is 3.24. The first-order valence-corrected chi connectivity index (χ1v) is 9.95. The van der Waals surface area contributed by atoms with Gasteiger partial charge in [-0.05, 0) is 51.5 Å². The van der Waals surface area contributed by atoms with Crippen LogP contribution >= 0.6 is 0 Å². The topological polar surface area (TPSA) is 66.9 Å². The minimum absolute atomic E-state index is 0.124. The van der Waals surface area contributed by atoms with Gasteiger partial charge >= 0.3 is 6.16 Å². The first kappa shape index (κ1) is 21.6. The zero-order chi connectivity index (χ0) is 21.7. The quantitative estimate of drug-likeness (QED) is 0.370. The summed E-state index contributed by atoms with van der Waals surface area (Å²) in [5.41, 5.74) is 4.42. The predicted octanol–water partition coefficient (Wildman–Crippen LogP) is 5.68. The molecule has 0 N–H and O–H groups in total. The standard InChI is InChI=1S/C24H27NO5/c1-6-19-16(3)23(30-24(26)28-14-13-27-5)22-17(4)21(12-11-20(22)25-19)29-18-9-7-15(2)8-10-18/h7-12H,6,13-14H2,1-5H3. The van der Waals surface area contributed by atoms with Crippen LogP contribution in [0.25, 0.3) is 10.9 Å². The van der Waals surface area contributed by atoms with Gasteiger partial charge in [0.2, 0.25) is 0 Å². The van der Waals surface area contributed by atoms with Crippen molar-refractivity contribution in [2.75, 3.05) is 20.3 Å². The Bertz CT molecular complexity index is 1040. The first-order valence-electron chi connectivity index (χ1n) is 9.95. The molecule has 6 heteroatoms. The molecule has 2 aromatic carbocycles. The molecule has 0 amide bonds. The normalized spacial score (nSPS) is 10.8. The van der Waals surface area contributed by atoms with Crippen molar-refractivity contribution in [3.8, 4) is 17.2 Å². The van der Waals surface area contributed by atoms with Crippen molar-refractivity contribution in [3.63, 3.8) is 0 Å². The van der Waals surface area contributed by atoms with Gasteiger partial charge in [0.1, 0.15) is 23.9 Å². The van der Waals surface area contributed by atoms with Gasteiger partial charge < -0.3 is 18.9 Å². The predicted molar refractivity (Wildman–Crippen MR) is 116 cm³/mol. The van der Waals surface area contributed by atoms with Crippen molar-refractivity contribution in [3.05, 3.63) is 58.8 Å². The molecule has 0 aliphatic heterocycles. The lowest BCUT2D eigenvalue weighted by Gasteiger charge is -2.17. The van der Waals surface area contributed by atoms with E-state index in [-0.39, 0.29) is 6.61 Å². The van der Waals surface area contributed by atoms with E-state index in [1.54, 1.807) is 7.11 Å². The van der Waals surface area contributed by atoms with Crippen LogP contribution < -0.4 is 9.47 Å². The van der Waals surface area contributed by atoms with Crippen molar-refractivity contribution >= 4 is 17.1 Å². The molecule has 3 rings (SSSR count). The van der Waals surface area contributed by atoms with Gasteiger partial charge in [0, 0.05) is 23.9 Å². The molecule has 30 heavy (non-hydrogen) atoms. The number of aromatic nitrogens is 1. The largest absolute Gasteiger partial charge is 0.513 e. The number of carbonyl (C=O) groups excluding carboxylic acids is 1. The number of benzene rings is 2. The van der Waals surface area contributed by atoms with E-state index in [1.165, 1.54) is 0 Å². The number of nitrogens with zero attached hydrogens (tertiary/aromatic N) is 1. The molecule has 3 aromatic rings. The van der Waals surface area contributed by atoms with E-state index >= 15 is 0 Å². The summed E-state index contributed by atoms with van der Waals surface area (Å²) >= 11 is 0. The van der Waals surface area contributed by atoms with Crippen LogP contribution in [0.15, 0.2) is 36.4 Å². The molecule has 1 aromatic heterocycles. The Morgan fingerprint density at radius 1 is 0.967 bits per heavy atom. The molecule has 0 aliphatic rings. The maximum absolute atomic E-state index is 12.3. The lowest BCUT2D eigenvalue weighted by atomic mass is 10.0. The van der Waals surface area contributed by atoms with Gasteiger partial charge in [-0.3, -0.25) is 4.98 Å². The number of hydrogen-bond acceptors (Lipinski definition) is 6. The van der Waals surface area contributed by atoms with Crippen LogP contribution in [0, 0.1) is 20.8 Å². The highest BCUT2D eigenvalue weighted by atomic mass is 16.7. The van der Waals surface area contributed by atoms with Gasteiger partial charge in [-0.25, -0.2) is 4.79 Å². The van der Waals surface area contributed by atoms with E-state index in [1.807, 2.05) is 64.1 Å². The van der Waals surface area contributed by atoms with Crippen LogP contribution in [0.1, 0.15) is 29.3 Å². The zero-order valence-electron chi connectivity index (χ0n) is 18.1. The molecule has 0 bridgehead atoms. The molecule has 0 fully saturated rings. The number of methoxy groups -OCH3 is 1. The Labute approximate surface area is 176 Å². The molecule has 0 saturated heterocycles. The summed E-state index contributed by atoms with van der Waals surface area (Å²) in [6, 6.07) is 11.6. The second kappa shape index (κ2) is 9.59. The molecular weight excluding hydrogens is 382 g/mol. The lowest BCUT2D eigenvalue weighted by molar-refractivity contribution is 0.0687. The smallest absolute Gasteiger partial charge is 0.457 e. The Morgan fingerprint density at radius 2 is 1.70 bits per heavy atom. The van der Waals surface area contributed by atoms with E-state index in [2.05, 4.69) is 0 Å². The van der Waals surface area contributed by atoms with E-state index in [0.29, 0.717) is 18.1 Å². The second-order valence-corrected chi connectivity index (χ2v) is 7.06. The van der Waals surface area contributed by atoms with Crippen LogP contribution in [0.2, 0.25) is 0 Å². The van der Waals surface area contributed by atoms with Crippen LogP contribution in [0.5, 0.6) is 17.2 Å². The molecule has 0 atom stereocenters. The summed E-state index contributed by atoms with van der Waals surface area (Å²) < 4.78 is 21.7. The van der Waals surface area contributed by atoms with Gasteiger partial charge in [-0.2, -0.15) is 0 Å². The summed E-state index contributed by atoms with van der Waals surface area (Å²) in [5, 5.41) is 0.734. The first-order chi connectivity index (χ1) is 14.4. The van der Waals surface area contributed by atoms with Crippen LogP contribution in [-0.2, 0) is 15.9 Å². The van der Waals surface area contributed by atoms with Gasteiger partial charge in [0.05, 0.1) is 17.5 Å². The van der Waals surface area contributed by atoms with Gasteiger partial charge in [-0.1, -0.05) is 24.6 Å². The van der Waals surface area contributed by atoms with E-state index in [0.717, 1.165) is 45.5 Å². The number of hydrogen-bond donors (Lipinski definition) is 0. The third-order valence-electron chi connectivity index (χ3n) is 4.93. The molecule has 0 unspecified atom stereocenters. The van der Waals surface area contributed by atoms with Gasteiger partial charge in [0.15, 0.2) is 0 Å². The fraction of sp³-hybridized carbons (Fsp3) is 0.333. The number of ether oxygens (including phenoxy) is 4. The zero-order valence-corrected chi connectivity index (χ0v) is 18.1.